The zero-order valence-electron chi connectivity index (χ0n) is 7.67. The van der Waals surface area contributed by atoms with Gasteiger partial charge in [-0.2, -0.15) is 0 Å². The first kappa shape index (κ1) is 11.2. The summed E-state index contributed by atoms with van der Waals surface area (Å²) in [6.45, 7) is 7.95. The van der Waals surface area contributed by atoms with E-state index in [1.54, 1.807) is 6.92 Å². The van der Waals surface area contributed by atoms with E-state index in [-0.39, 0.29) is 12.5 Å². The molecule has 3 heteroatoms. The molecule has 0 aliphatic rings. The molecule has 0 fully saturated rings. The Morgan fingerprint density at radius 1 is 1.67 bits per heavy atom. The van der Waals surface area contributed by atoms with Gasteiger partial charge in [0.1, 0.15) is 0 Å². The first-order chi connectivity index (χ1) is 5.52. The van der Waals surface area contributed by atoms with Crippen LogP contribution in [0.5, 0.6) is 0 Å². The number of hydrogen-bond acceptors (Lipinski definition) is 2. The van der Waals surface area contributed by atoms with E-state index in [2.05, 4.69) is 6.58 Å². The number of ether oxygens (including phenoxy) is 1. The van der Waals surface area contributed by atoms with E-state index in [0.29, 0.717) is 6.61 Å². The maximum Gasteiger partial charge on any atom is 0.305 e. The van der Waals surface area contributed by atoms with Gasteiger partial charge in [0.2, 0.25) is 0 Å². The molecule has 0 amide bonds. The van der Waals surface area contributed by atoms with E-state index in [1.165, 1.54) is 0 Å². The third kappa shape index (κ3) is 7.28. The monoisotopic (exact) mass is 172 g/mol. The third-order valence-corrected chi connectivity index (χ3v) is 1.39. The highest BCUT2D eigenvalue weighted by Crippen LogP contribution is 2.01. The van der Waals surface area contributed by atoms with Gasteiger partial charge in [0.15, 0.2) is 0 Å². The molecule has 0 heterocycles. The van der Waals surface area contributed by atoms with Crippen LogP contribution < -0.4 is 0 Å². The van der Waals surface area contributed by atoms with Crippen LogP contribution in [-0.2, 0) is 9.53 Å². The minimum atomic E-state index is -0.821. The predicted octanol–water partition coefficient (Wildman–Crippen LogP) is 1.83. The van der Waals surface area contributed by atoms with Gasteiger partial charge in [0, 0.05) is 0 Å². The molecule has 1 N–H and O–H groups in total. The SMILES string of the molecule is C=C(C)CCO[C@H](C)CC(=O)O. The van der Waals surface area contributed by atoms with Crippen LogP contribution in [0.25, 0.3) is 0 Å². The maximum atomic E-state index is 10.2. The lowest BCUT2D eigenvalue weighted by Crippen LogP contribution is -2.14. The van der Waals surface area contributed by atoms with Crippen molar-refractivity contribution in [1.82, 2.24) is 0 Å². The quantitative estimate of drug-likeness (QED) is 0.622. The topological polar surface area (TPSA) is 46.5 Å². The van der Waals surface area contributed by atoms with Crippen LogP contribution in [0.2, 0.25) is 0 Å². The molecule has 0 rings (SSSR count). The van der Waals surface area contributed by atoms with Crippen molar-refractivity contribution in [3.05, 3.63) is 12.2 Å². The van der Waals surface area contributed by atoms with Crippen LogP contribution in [0.1, 0.15) is 26.7 Å². The van der Waals surface area contributed by atoms with E-state index in [9.17, 15) is 4.79 Å². The van der Waals surface area contributed by atoms with Gasteiger partial charge in [-0.15, -0.1) is 6.58 Å². The fourth-order valence-electron chi connectivity index (χ4n) is 0.739. The van der Waals surface area contributed by atoms with Crippen LogP contribution in [0.3, 0.4) is 0 Å². The summed E-state index contributed by atoms with van der Waals surface area (Å²) in [6, 6.07) is 0. The van der Waals surface area contributed by atoms with Gasteiger partial charge < -0.3 is 9.84 Å². The highest BCUT2D eigenvalue weighted by molar-refractivity contribution is 5.67. The Morgan fingerprint density at radius 2 is 2.25 bits per heavy atom. The minimum Gasteiger partial charge on any atom is -0.481 e. The van der Waals surface area contributed by atoms with Crippen LogP contribution in [0, 0.1) is 0 Å². The Hall–Kier alpha value is -0.830. The van der Waals surface area contributed by atoms with Crippen LogP contribution >= 0.6 is 0 Å². The Bertz CT molecular complexity index is 163. The highest BCUT2D eigenvalue weighted by Gasteiger charge is 2.06. The molecular formula is C9H16O3. The normalized spacial score (nSPS) is 12.5. The van der Waals surface area contributed by atoms with Crippen molar-refractivity contribution in [3.8, 4) is 0 Å². The molecule has 0 saturated carbocycles. The second-order valence-electron chi connectivity index (χ2n) is 2.99. The molecule has 0 radical (unpaired) electrons. The molecule has 70 valence electrons. The highest BCUT2D eigenvalue weighted by atomic mass is 16.5. The molecule has 0 aromatic rings. The zero-order valence-corrected chi connectivity index (χ0v) is 7.67. The van der Waals surface area contributed by atoms with Gasteiger partial charge in [-0.1, -0.05) is 5.57 Å². The minimum absolute atomic E-state index is 0.0657. The smallest absolute Gasteiger partial charge is 0.305 e. The summed E-state index contributed by atoms with van der Waals surface area (Å²) in [5.74, 6) is -0.821. The van der Waals surface area contributed by atoms with Gasteiger partial charge in [0.05, 0.1) is 19.1 Å². The lowest BCUT2D eigenvalue weighted by atomic mass is 10.2. The van der Waals surface area contributed by atoms with E-state index in [1.807, 2.05) is 6.92 Å². The summed E-state index contributed by atoms with van der Waals surface area (Å²) in [6.07, 6.45) is 0.655. The largest absolute Gasteiger partial charge is 0.481 e. The molecule has 0 aliphatic heterocycles. The summed E-state index contributed by atoms with van der Waals surface area (Å²) >= 11 is 0. The summed E-state index contributed by atoms with van der Waals surface area (Å²) in [5.41, 5.74) is 1.05. The first-order valence-corrected chi connectivity index (χ1v) is 4.00. The molecule has 3 nitrogen and oxygen atoms in total. The summed E-state index contributed by atoms with van der Waals surface area (Å²) in [5, 5.41) is 8.39. The number of hydrogen-bond donors (Lipinski definition) is 1. The van der Waals surface area contributed by atoms with Crippen LogP contribution in [-0.4, -0.2) is 23.8 Å². The summed E-state index contributed by atoms with van der Waals surface area (Å²) in [7, 11) is 0. The molecular weight excluding hydrogens is 156 g/mol. The predicted molar refractivity (Wildman–Crippen MR) is 47.1 cm³/mol. The van der Waals surface area contributed by atoms with Gasteiger partial charge >= 0.3 is 5.97 Å². The molecule has 0 aromatic carbocycles. The van der Waals surface area contributed by atoms with E-state index in [4.69, 9.17) is 9.84 Å². The second kappa shape index (κ2) is 5.77. The fourth-order valence-corrected chi connectivity index (χ4v) is 0.739. The Morgan fingerprint density at radius 3 is 2.67 bits per heavy atom. The molecule has 0 bridgehead atoms. The molecule has 0 unspecified atom stereocenters. The van der Waals surface area contributed by atoms with Gasteiger partial charge in [-0.25, -0.2) is 0 Å². The Labute approximate surface area is 73.0 Å². The van der Waals surface area contributed by atoms with Gasteiger partial charge in [-0.05, 0) is 20.3 Å². The van der Waals surface area contributed by atoms with Crippen molar-refractivity contribution in [2.24, 2.45) is 0 Å². The van der Waals surface area contributed by atoms with Crippen molar-refractivity contribution in [1.29, 1.82) is 0 Å². The first-order valence-electron chi connectivity index (χ1n) is 4.00. The summed E-state index contributed by atoms with van der Waals surface area (Å²) < 4.78 is 5.22. The number of rotatable bonds is 6. The van der Waals surface area contributed by atoms with E-state index in [0.717, 1.165) is 12.0 Å². The summed E-state index contributed by atoms with van der Waals surface area (Å²) in [4.78, 5) is 10.2. The number of carboxylic acid groups (broad SMARTS) is 1. The fraction of sp³-hybridized carbons (Fsp3) is 0.667. The van der Waals surface area contributed by atoms with Crippen molar-refractivity contribution in [2.45, 2.75) is 32.8 Å². The maximum absolute atomic E-state index is 10.2. The number of carboxylic acids is 1. The average molecular weight is 172 g/mol. The van der Waals surface area contributed by atoms with Crippen LogP contribution in [0.4, 0.5) is 0 Å². The van der Waals surface area contributed by atoms with Gasteiger partial charge in [-0.3, -0.25) is 4.79 Å². The zero-order chi connectivity index (χ0) is 9.56. The Balaban J connectivity index is 3.37. The van der Waals surface area contributed by atoms with E-state index < -0.39 is 5.97 Å². The average Bonchev–Trinajstić information content (AvgIpc) is 1.84. The number of carbonyl (C=O) groups is 1. The van der Waals surface area contributed by atoms with E-state index >= 15 is 0 Å². The second-order valence-corrected chi connectivity index (χ2v) is 2.99. The lowest BCUT2D eigenvalue weighted by molar-refractivity contribution is -0.139. The van der Waals surface area contributed by atoms with Crippen molar-refractivity contribution < 1.29 is 14.6 Å². The molecule has 0 aliphatic carbocycles. The standard InChI is InChI=1S/C9H16O3/c1-7(2)4-5-12-8(3)6-9(10)11/h8H,1,4-6H2,2-3H3,(H,10,11)/t8-/m1/s1. The molecule has 12 heavy (non-hydrogen) atoms. The Kier molecular flexibility index (Phi) is 5.37. The molecule has 0 aromatic heterocycles. The number of aliphatic carboxylic acids is 1. The lowest BCUT2D eigenvalue weighted by Gasteiger charge is -2.09. The molecule has 1 atom stereocenters. The molecule has 0 saturated heterocycles. The molecule has 0 spiro atoms. The van der Waals surface area contributed by atoms with Crippen LogP contribution in [0.15, 0.2) is 12.2 Å². The van der Waals surface area contributed by atoms with Crippen molar-refractivity contribution in [2.75, 3.05) is 6.61 Å². The van der Waals surface area contributed by atoms with Gasteiger partial charge in [0.25, 0.3) is 0 Å². The van der Waals surface area contributed by atoms with Crippen molar-refractivity contribution in [3.63, 3.8) is 0 Å². The van der Waals surface area contributed by atoms with Crippen molar-refractivity contribution >= 4 is 5.97 Å². The third-order valence-electron chi connectivity index (χ3n) is 1.39.